The first kappa shape index (κ1) is 19.7. The third kappa shape index (κ3) is 3.95. The summed E-state index contributed by atoms with van der Waals surface area (Å²) >= 11 is 0. The van der Waals surface area contributed by atoms with E-state index in [2.05, 4.69) is 40.5 Å². The first-order chi connectivity index (χ1) is 14.1. The molecule has 2 aliphatic rings. The number of amides is 1. The summed E-state index contributed by atoms with van der Waals surface area (Å²) in [5.41, 5.74) is 10.5. The number of ether oxygens (including phenoxy) is 2. The second kappa shape index (κ2) is 8.43. The van der Waals surface area contributed by atoms with Gasteiger partial charge in [-0.3, -0.25) is 9.69 Å². The maximum Gasteiger partial charge on any atom is 0.257 e. The molecular weight excluding hydrogens is 366 g/mol. The minimum Gasteiger partial charge on any atom is -0.493 e. The average molecular weight is 396 g/mol. The number of hydrogen-bond donors (Lipinski definition) is 2. The molecule has 0 spiro atoms. The van der Waals surface area contributed by atoms with Crippen LogP contribution in [0.25, 0.3) is 0 Å². The lowest BCUT2D eigenvalue weighted by Crippen LogP contribution is -2.49. The normalized spacial score (nSPS) is 23.6. The number of carbonyl (C=O) groups is 1. The fourth-order valence-electron chi connectivity index (χ4n) is 4.61. The highest BCUT2D eigenvalue weighted by molar-refractivity contribution is 5.77. The van der Waals surface area contributed by atoms with Gasteiger partial charge in [0, 0.05) is 38.1 Å². The molecule has 1 saturated heterocycles. The van der Waals surface area contributed by atoms with Gasteiger partial charge in [-0.15, -0.1) is 0 Å². The van der Waals surface area contributed by atoms with E-state index >= 15 is 0 Å². The molecule has 2 aromatic rings. The van der Waals surface area contributed by atoms with Gasteiger partial charge in [0.2, 0.25) is 0 Å². The van der Waals surface area contributed by atoms with Crippen LogP contribution in [0.3, 0.4) is 0 Å². The Morgan fingerprint density at radius 3 is 2.76 bits per heavy atom. The molecule has 0 unspecified atom stereocenters. The standard InChI is InChI=1S/C23H29N3O3/c1-25-23(27)14-29-22-10-16-8-9-26-13-18(15-6-4-3-5-7-15)19(24)12-20(26)17(16)11-21(22)28-2/h3-7,10-11,18-20H,8-9,12-14,24H2,1-2H3,(H,25,27)/t18-,19+,20+/m0/s1. The zero-order valence-corrected chi connectivity index (χ0v) is 17.1. The summed E-state index contributed by atoms with van der Waals surface area (Å²) < 4.78 is 11.3. The second-order valence-corrected chi connectivity index (χ2v) is 7.84. The van der Waals surface area contributed by atoms with Gasteiger partial charge in [0.1, 0.15) is 0 Å². The number of hydrogen-bond acceptors (Lipinski definition) is 5. The Morgan fingerprint density at radius 1 is 1.24 bits per heavy atom. The van der Waals surface area contributed by atoms with E-state index in [1.54, 1.807) is 14.2 Å². The molecule has 4 rings (SSSR count). The van der Waals surface area contributed by atoms with E-state index < -0.39 is 0 Å². The molecule has 0 bridgehead atoms. The molecule has 1 amide bonds. The first-order valence-electron chi connectivity index (χ1n) is 10.2. The number of fused-ring (bicyclic) bond motifs is 3. The summed E-state index contributed by atoms with van der Waals surface area (Å²) in [4.78, 5) is 14.1. The van der Waals surface area contributed by atoms with Crippen molar-refractivity contribution in [2.75, 3.05) is 33.9 Å². The molecule has 3 N–H and O–H groups in total. The lowest BCUT2D eigenvalue weighted by atomic mass is 9.78. The number of rotatable bonds is 5. The Kier molecular flexibility index (Phi) is 5.74. The number of nitrogens with one attached hydrogen (secondary N) is 1. The highest BCUT2D eigenvalue weighted by Gasteiger charge is 2.38. The number of methoxy groups -OCH3 is 1. The highest BCUT2D eigenvalue weighted by Crippen LogP contribution is 2.44. The van der Waals surface area contributed by atoms with E-state index in [1.165, 1.54) is 16.7 Å². The largest absolute Gasteiger partial charge is 0.493 e. The summed E-state index contributed by atoms with van der Waals surface area (Å²) in [5.74, 6) is 1.46. The summed E-state index contributed by atoms with van der Waals surface area (Å²) in [6.07, 6.45) is 1.86. The first-order valence-corrected chi connectivity index (χ1v) is 10.2. The van der Waals surface area contributed by atoms with Crippen LogP contribution in [0.5, 0.6) is 11.5 Å². The van der Waals surface area contributed by atoms with Crippen molar-refractivity contribution in [3.05, 3.63) is 59.2 Å². The molecule has 3 atom stereocenters. The van der Waals surface area contributed by atoms with Crippen LogP contribution in [0.1, 0.15) is 35.1 Å². The molecule has 2 aliphatic heterocycles. The van der Waals surface area contributed by atoms with Crippen LogP contribution in [-0.4, -0.2) is 50.7 Å². The number of piperidine rings is 1. The predicted octanol–water partition coefficient (Wildman–Crippen LogP) is 2.23. The minimum absolute atomic E-state index is 0.0230. The van der Waals surface area contributed by atoms with Crippen LogP contribution >= 0.6 is 0 Å². The maximum atomic E-state index is 11.5. The Morgan fingerprint density at radius 2 is 2.03 bits per heavy atom. The Balaban J connectivity index is 1.58. The topological polar surface area (TPSA) is 76.8 Å². The van der Waals surface area contributed by atoms with Crippen LogP contribution < -0.4 is 20.5 Å². The van der Waals surface area contributed by atoms with Gasteiger partial charge < -0.3 is 20.5 Å². The average Bonchev–Trinajstić information content (AvgIpc) is 2.76. The van der Waals surface area contributed by atoms with Crippen molar-refractivity contribution in [2.45, 2.75) is 30.8 Å². The van der Waals surface area contributed by atoms with E-state index in [4.69, 9.17) is 15.2 Å². The van der Waals surface area contributed by atoms with Crippen molar-refractivity contribution < 1.29 is 14.3 Å². The van der Waals surface area contributed by atoms with Gasteiger partial charge in [0.05, 0.1) is 7.11 Å². The summed E-state index contributed by atoms with van der Waals surface area (Å²) in [6, 6.07) is 15.1. The molecule has 1 fully saturated rings. The van der Waals surface area contributed by atoms with Crippen LogP contribution in [-0.2, 0) is 11.2 Å². The molecule has 2 heterocycles. The molecular formula is C23H29N3O3. The highest BCUT2D eigenvalue weighted by atomic mass is 16.5. The van der Waals surface area contributed by atoms with Crippen molar-refractivity contribution >= 4 is 5.91 Å². The van der Waals surface area contributed by atoms with Gasteiger partial charge in [-0.05, 0) is 41.7 Å². The van der Waals surface area contributed by atoms with Crippen molar-refractivity contribution in [3.63, 3.8) is 0 Å². The van der Waals surface area contributed by atoms with Gasteiger partial charge in [-0.1, -0.05) is 30.3 Å². The van der Waals surface area contributed by atoms with E-state index in [9.17, 15) is 4.79 Å². The zero-order chi connectivity index (χ0) is 20.4. The van der Waals surface area contributed by atoms with Crippen LogP contribution in [0.15, 0.2) is 42.5 Å². The van der Waals surface area contributed by atoms with E-state index in [0.717, 1.165) is 25.9 Å². The molecule has 0 radical (unpaired) electrons. The van der Waals surface area contributed by atoms with Crippen LogP contribution in [0.2, 0.25) is 0 Å². The van der Waals surface area contributed by atoms with Crippen molar-refractivity contribution in [2.24, 2.45) is 5.73 Å². The number of benzene rings is 2. The van der Waals surface area contributed by atoms with E-state index in [0.29, 0.717) is 17.4 Å². The number of carbonyl (C=O) groups excluding carboxylic acids is 1. The summed E-state index contributed by atoms with van der Waals surface area (Å²) in [6.45, 7) is 1.94. The number of likely N-dealkylation sites (N-methyl/N-ethyl adjacent to an activating group) is 1. The predicted molar refractivity (Wildman–Crippen MR) is 112 cm³/mol. The third-order valence-electron chi connectivity index (χ3n) is 6.20. The number of nitrogens with zero attached hydrogens (tertiary/aromatic N) is 1. The van der Waals surface area contributed by atoms with Crippen molar-refractivity contribution in [3.8, 4) is 11.5 Å². The minimum atomic E-state index is -0.166. The summed E-state index contributed by atoms with van der Waals surface area (Å²) in [7, 11) is 3.23. The Hall–Kier alpha value is -2.57. The molecule has 29 heavy (non-hydrogen) atoms. The monoisotopic (exact) mass is 395 g/mol. The van der Waals surface area contributed by atoms with E-state index in [1.807, 2.05) is 12.1 Å². The lowest BCUT2D eigenvalue weighted by molar-refractivity contribution is -0.122. The Labute approximate surface area is 172 Å². The lowest BCUT2D eigenvalue weighted by Gasteiger charge is -2.46. The zero-order valence-electron chi connectivity index (χ0n) is 17.1. The summed E-state index contributed by atoms with van der Waals surface area (Å²) in [5, 5.41) is 2.57. The SMILES string of the molecule is CNC(=O)COc1cc2c(cc1OC)[C@H]1C[C@@H](N)[C@H](c3ccccc3)CN1CC2. The van der Waals surface area contributed by atoms with Crippen LogP contribution in [0, 0.1) is 0 Å². The van der Waals surface area contributed by atoms with Crippen molar-refractivity contribution in [1.82, 2.24) is 10.2 Å². The molecule has 0 saturated carbocycles. The smallest absolute Gasteiger partial charge is 0.257 e. The third-order valence-corrected chi connectivity index (χ3v) is 6.20. The van der Waals surface area contributed by atoms with Gasteiger partial charge in [0.15, 0.2) is 18.1 Å². The van der Waals surface area contributed by atoms with Crippen LogP contribution in [0.4, 0.5) is 0 Å². The van der Waals surface area contributed by atoms with Gasteiger partial charge in [0.25, 0.3) is 5.91 Å². The fourth-order valence-corrected chi connectivity index (χ4v) is 4.61. The molecule has 0 aliphatic carbocycles. The molecule has 154 valence electrons. The maximum absolute atomic E-state index is 11.5. The molecule has 6 heteroatoms. The van der Waals surface area contributed by atoms with E-state index in [-0.39, 0.29) is 24.6 Å². The van der Waals surface area contributed by atoms with Gasteiger partial charge in [-0.25, -0.2) is 0 Å². The second-order valence-electron chi connectivity index (χ2n) is 7.84. The molecule has 6 nitrogen and oxygen atoms in total. The quantitative estimate of drug-likeness (QED) is 0.812. The van der Waals surface area contributed by atoms with Gasteiger partial charge in [-0.2, -0.15) is 0 Å². The van der Waals surface area contributed by atoms with Gasteiger partial charge >= 0.3 is 0 Å². The van der Waals surface area contributed by atoms with Crippen molar-refractivity contribution in [1.29, 1.82) is 0 Å². The fraction of sp³-hybridized carbons (Fsp3) is 0.435. The molecule has 2 aromatic carbocycles. The Bertz CT molecular complexity index is 871. The number of nitrogens with two attached hydrogens (primary N) is 1. The molecule has 0 aromatic heterocycles.